The van der Waals surface area contributed by atoms with Crippen LogP contribution in [0.1, 0.15) is 30.4 Å². The maximum absolute atomic E-state index is 9.32. The van der Waals surface area contributed by atoms with Crippen LogP contribution in [0.5, 0.6) is 0 Å². The molecule has 0 aliphatic rings. The van der Waals surface area contributed by atoms with E-state index < -0.39 is 0 Å². The van der Waals surface area contributed by atoms with Crippen molar-refractivity contribution in [2.24, 2.45) is 5.92 Å². The van der Waals surface area contributed by atoms with Gasteiger partial charge < -0.3 is 5.11 Å². The van der Waals surface area contributed by atoms with Gasteiger partial charge in [-0.15, -0.1) is 6.58 Å². The molecule has 1 rings (SSSR count). The van der Waals surface area contributed by atoms with Crippen LogP contribution in [0.15, 0.2) is 36.9 Å². The van der Waals surface area contributed by atoms with Gasteiger partial charge in [-0.3, -0.25) is 0 Å². The van der Waals surface area contributed by atoms with Crippen molar-refractivity contribution in [3.8, 4) is 0 Å². The molecule has 1 heteroatoms. The van der Waals surface area contributed by atoms with Crippen LogP contribution in [0.3, 0.4) is 0 Å². The van der Waals surface area contributed by atoms with Crippen LogP contribution in [0.4, 0.5) is 0 Å². The van der Waals surface area contributed by atoms with Crippen LogP contribution < -0.4 is 0 Å². The molecule has 0 aromatic heterocycles. The van der Waals surface area contributed by atoms with Gasteiger partial charge in [0.1, 0.15) is 0 Å². The maximum atomic E-state index is 9.32. The Kier molecular flexibility index (Phi) is 5.87. The summed E-state index contributed by atoms with van der Waals surface area (Å²) < 4.78 is 0. The molecule has 0 saturated carbocycles. The fourth-order valence-corrected chi connectivity index (χ4v) is 1.87. The Hall–Kier alpha value is -1.08. The van der Waals surface area contributed by atoms with Crippen LogP contribution in [0, 0.1) is 12.8 Å². The number of benzene rings is 1. The lowest BCUT2D eigenvalue weighted by atomic mass is 9.94. The SMILES string of the molecule is C=CCCC[C@H](CO)Cc1ccc(C)cc1. The van der Waals surface area contributed by atoms with E-state index in [-0.39, 0.29) is 6.61 Å². The Labute approximate surface area is 98.8 Å². The van der Waals surface area contributed by atoms with Crippen LogP contribution in [-0.2, 0) is 6.42 Å². The van der Waals surface area contributed by atoms with Crippen LogP contribution in [0.25, 0.3) is 0 Å². The minimum Gasteiger partial charge on any atom is -0.396 e. The van der Waals surface area contributed by atoms with Crippen molar-refractivity contribution in [3.63, 3.8) is 0 Å². The second-order valence-electron chi connectivity index (χ2n) is 4.46. The first-order chi connectivity index (χ1) is 7.76. The zero-order valence-electron chi connectivity index (χ0n) is 10.2. The highest BCUT2D eigenvalue weighted by atomic mass is 16.3. The third kappa shape index (κ3) is 4.63. The number of unbranched alkanes of at least 4 members (excludes halogenated alkanes) is 1. The Balaban J connectivity index is 2.42. The van der Waals surface area contributed by atoms with E-state index in [0.717, 1.165) is 25.7 Å². The van der Waals surface area contributed by atoms with Gasteiger partial charge in [-0.05, 0) is 44.1 Å². The average molecular weight is 218 g/mol. The van der Waals surface area contributed by atoms with Gasteiger partial charge in [-0.2, -0.15) is 0 Å². The van der Waals surface area contributed by atoms with Gasteiger partial charge >= 0.3 is 0 Å². The van der Waals surface area contributed by atoms with Crippen molar-refractivity contribution < 1.29 is 5.11 Å². The number of allylic oxidation sites excluding steroid dienone is 1. The third-order valence-corrected chi connectivity index (χ3v) is 2.92. The van der Waals surface area contributed by atoms with E-state index in [2.05, 4.69) is 37.8 Å². The predicted molar refractivity (Wildman–Crippen MR) is 69.5 cm³/mol. The summed E-state index contributed by atoms with van der Waals surface area (Å²) in [5.74, 6) is 0.391. The molecule has 0 aliphatic heterocycles. The molecule has 1 aromatic rings. The molecule has 16 heavy (non-hydrogen) atoms. The molecule has 0 unspecified atom stereocenters. The lowest BCUT2D eigenvalue weighted by Gasteiger charge is -2.13. The highest BCUT2D eigenvalue weighted by Crippen LogP contribution is 2.15. The van der Waals surface area contributed by atoms with Gasteiger partial charge in [-0.1, -0.05) is 35.9 Å². The number of aryl methyl sites for hydroxylation is 1. The molecule has 0 spiro atoms. The summed E-state index contributed by atoms with van der Waals surface area (Å²) in [6, 6.07) is 8.58. The number of hydrogen-bond donors (Lipinski definition) is 1. The first kappa shape index (κ1) is 13.0. The van der Waals surface area contributed by atoms with E-state index in [1.165, 1.54) is 11.1 Å². The number of hydrogen-bond acceptors (Lipinski definition) is 1. The van der Waals surface area contributed by atoms with E-state index in [1.807, 2.05) is 6.08 Å². The van der Waals surface area contributed by atoms with Crippen molar-refractivity contribution >= 4 is 0 Å². The molecule has 0 bridgehead atoms. The van der Waals surface area contributed by atoms with Gasteiger partial charge in [0.15, 0.2) is 0 Å². The molecule has 0 heterocycles. The first-order valence-electron chi connectivity index (χ1n) is 6.03. The molecular weight excluding hydrogens is 196 g/mol. The van der Waals surface area contributed by atoms with E-state index in [0.29, 0.717) is 5.92 Å². The minimum absolute atomic E-state index is 0.283. The highest BCUT2D eigenvalue weighted by Gasteiger charge is 2.07. The highest BCUT2D eigenvalue weighted by molar-refractivity contribution is 5.21. The molecule has 1 aromatic carbocycles. The zero-order valence-corrected chi connectivity index (χ0v) is 10.2. The van der Waals surface area contributed by atoms with Crippen molar-refractivity contribution in [3.05, 3.63) is 48.0 Å². The molecule has 1 nitrogen and oxygen atoms in total. The summed E-state index contributed by atoms with van der Waals surface area (Å²) in [6.45, 7) is 6.09. The summed E-state index contributed by atoms with van der Waals surface area (Å²) >= 11 is 0. The minimum atomic E-state index is 0.283. The average Bonchev–Trinajstić information content (AvgIpc) is 2.31. The van der Waals surface area contributed by atoms with Gasteiger partial charge in [0.25, 0.3) is 0 Å². The summed E-state index contributed by atoms with van der Waals surface area (Å²) in [4.78, 5) is 0. The second kappa shape index (κ2) is 7.24. The molecule has 0 fully saturated rings. The monoisotopic (exact) mass is 218 g/mol. The lowest BCUT2D eigenvalue weighted by Crippen LogP contribution is -2.09. The second-order valence-corrected chi connectivity index (χ2v) is 4.46. The first-order valence-corrected chi connectivity index (χ1v) is 6.03. The smallest absolute Gasteiger partial charge is 0.0462 e. The van der Waals surface area contributed by atoms with E-state index in [9.17, 15) is 5.11 Å². The summed E-state index contributed by atoms with van der Waals surface area (Å²) in [7, 11) is 0. The molecule has 0 aliphatic carbocycles. The van der Waals surface area contributed by atoms with Crippen LogP contribution in [0.2, 0.25) is 0 Å². The summed E-state index contributed by atoms with van der Waals surface area (Å²) in [6.07, 6.45) is 6.18. The largest absolute Gasteiger partial charge is 0.396 e. The summed E-state index contributed by atoms with van der Waals surface area (Å²) in [5.41, 5.74) is 2.61. The van der Waals surface area contributed by atoms with Crippen molar-refractivity contribution in [2.45, 2.75) is 32.6 Å². The van der Waals surface area contributed by atoms with Crippen molar-refractivity contribution in [2.75, 3.05) is 6.61 Å². The molecule has 0 radical (unpaired) electrons. The number of aliphatic hydroxyl groups is 1. The van der Waals surface area contributed by atoms with Crippen molar-refractivity contribution in [1.82, 2.24) is 0 Å². The van der Waals surface area contributed by atoms with E-state index >= 15 is 0 Å². The Morgan fingerprint density at radius 2 is 2.00 bits per heavy atom. The molecule has 1 N–H and O–H groups in total. The predicted octanol–water partition coefficient (Wildman–Crippen LogP) is 3.50. The van der Waals surface area contributed by atoms with E-state index in [1.54, 1.807) is 0 Å². The Morgan fingerprint density at radius 1 is 1.31 bits per heavy atom. The molecular formula is C15H22O. The summed E-state index contributed by atoms with van der Waals surface area (Å²) in [5, 5.41) is 9.32. The molecule has 0 amide bonds. The van der Waals surface area contributed by atoms with Crippen molar-refractivity contribution in [1.29, 1.82) is 0 Å². The molecule has 1 atom stereocenters. The number of rotatable bonds is 7. The lowest BCUT2D eigenvalue weighted by molar-refractivity contribution is 0.216. The quantitative estimate of drug-likeness (QED) is 0.548. The van der Waals surface area contributed by atoms with Crippen LogP contribution >= 0.6 is 0 Å². The van der Waals surface area contributed by atoms with Gasteiger partial charge in [0, 0.05) is 6.61 Å². The Morgan fingerprint density at radius 3 is 2.56 bits per heavy atom. The fourth-order valence-electron chi connectivity index (χ4n) is 1.87. The topological polar surface area (TPSA) is 20.2 Å². The fraction of sp³-hybridized carbons (Fsp3) is 0.467. The van der Waals surface area contributed by atoms with Gasteiger partial charge in [-0.25, -0.2) is 0 Å². The van der Waals surface area contributed by atoms with Crippen LogP contribution in [-0.4, -0.2) is 11.7 Å². The third-order valence-electron chi connectivity index (χ3n) is 2.92. The normalized spacial score (nSPS) is 12.4. The van der Waals surface area contributed by atoms with E-state index in [4.69, 9.17) is 0 Å². The van der Waals surface area contributed by atoms with Gasteiger partial charge in [0.05, 0.1) is 0 Å². The standard InChI is InChI=1S/C15H22O/c1-3-4-5-6-15(12-16)11-14-9-7-13(2)8-10-14/h3,7-10,15-16H,1,4-6,11-12H2,2H3/t15-/m0/s1. The Bertz CT molecular complexity index is 300. The molecule has 0 saturated heterocycles. The maximum Gasteiger partial charge on any atom is 0.0462 e. The number of aliphatic hydroxyl groups excluding tert-OH is 1. The molecule has 88 valence electrons. The van der Waals surface area contributed by atoms with Gasteiger partial charge in [0.2, 0.25) is 0 Å². The zero-order chi connectivity index (χ0) is 11.8.